The number of aromatic nitrogens is 1. The largest absolute Gasteiger partial charge is 0.347 e. The Hall–Kier alpha value is -5.61. The maximum absolute atomic E-state index is 13.4. The first-order valence-electron chi connectivity index (χ1n) is 24.0. The molecular formula is C51H58N3O17S5+. The van der Waals surface area contributed by atoms with Crippen molar-refractivity contribution in [2.45, 2.75) is 99.7 Å². The molecule has 25 heteroatoms. The Morgan fingerprint density at radius 1 is 0.645 bits per heavy atom. The van der Waals surface area contributed by atoms with Gasteiger partial charge in [0.15, 0.2) is 17.3 Å². The predicted molar refractivity (Wildman–Crippen MR) is 287 cm³/mol. The molecule has 0 aliphatic carbocycles. The minimum atomic E-state index is -4.95. The number of carbonyl (C=O) groups excluding carboxylic acids is 2. The third-order valence-corrected chi connectivity index (χ3v) is 18.1. The molecule has 1 aromatic heterocycles. The van der Waals surface area contributed by atoms with E-state index < -0.39 is 94.3 Å². The fourth-order valence-corrected chi connectivity index (χ4v) is 13.2. The number of benzene rings is 4. The molecule has 20 nitrogen and oxygen atoms in total. The molecule has 4 aromatic carbocycles. The number of hydrogen-bond donors (Lipinski definition) is 5. The number of nitrogens with zero attached hydrogens (tertiary/aromatic N) is 3. The van der Waals surface area contributed by atoms with Gasteiger partial charge in [0.25, 0.3) is 50.6 Å². The molecule has 3 heterocycles. The van der Waals surface area contributed by atoms with Crippen molar-refractivity contribution in [2.24, 2.45) is 0 Å². The molecule has 5 aromatic rings. The zero-order valence-electron chi connectivity index (χ0n) is 42.1. The van der Waals surface area contributed by atoms with E-state index in [0.717, 1.165) is 0 Å². The summed E-state index contributed by atoms with van der Waals surface area (Å²) in [5.74, 6) is -2.90. The van der Waals surface area contributed by atoms with Crippen LogP contribution >= 0.6 is 0 Å². The van der Waals surface area contributed by atoms with E-state index in [2.05, 4.69) is 4.98 Å². The van der Waals surface area contributed by atoms with Gasteiger partial charge in [0, 0.05) is 66.2 Å². The molecule has 5 N–H and O–H groups in total. The van der Waals surface area contributed by atoms with Crippen molar-refractivity contribution in [2.75, 3.05) is 35.8 Å². The van der Waals surface area contributed by atoms with E-state index >= 15 is 0 Å². The van der Waals surface area contributed by atoms with Crippen LogP contribution in [0, 0.1) is 0 Å². The normalized spacial score (nSPS) is 17.6. The molecular weight excluding hydrogens is 1090 g/mol. The van der Waals surface area contributed by atoms with Crippen LogP contribution in [0.5, 0.6) is 0 Å². The van der Waals surface area contributed by atoms with E-state index in [1.54, 1.807) is 65.9 Å². The first-order valence-corrected chi connectivity index (χ1v) is 31.7. The van der Waals surface area contributed by atoms with E-state index in [1.807, 2.05) is 20.8 Å². The molecule has 0 bridgehead atoms. The third-order valence-electron chi connectivity index (χ3n) is 14.0. The molecule has 1 unspecified atom stereocenters. The number of carbonyl (C=O) groups is 2. The topological polar surface area (TPSA) is 325 Å². The van der Waals surface area contributed by atoms with Crippen molar-refractivity contribution in [1.29, 1.82) is 0 Å². The second kappa shape index (κ2) is 21.3. The minimum absolute atomic E-state index is 0.00567. The summed E-state index contributed by atoms with van der Waals surface area (Å²) >= 11 is 0. The first kappa shape index (κ1) is 58.1. The molecule has 0 saturated heterocycles. The Bertz CT molecular complexity index is 3920. The highest BCUT2D eigenvalue weighted by Crippen LogP contribution is 2.52. The van der Waals surface area contributed by atoms with Crippen LogP contribution in [0.3, 0.4) is 0 Å². The summed E-state index contributed by atoms with van der Waals surface area (Å²) in [7, 11) is -21.2. The summed E-state index contributed by atoms with van der Waals surface area (Å²) in [5, 5.41) is 1.45. The number of hydrogen-bond acceptors (Lipinski definition) is 14. The summed E-state index contributed by atoms with van der Waals surface area (Å²) in [4.78, 5) is 31.9. The van der Waals surface area contributed by atoms with Gasteiger partial charge in [-0.25, -0.2) is 4.98 Å². The van der Waals surface area contributed by atoms with Crippen LogP contribution in [0.2, 0.25) is 0 Å². The van der Waals surface area contributed by atoms with E-state index in [-0.39, 0.29) is 67.6 Å². The Morgan fingerprint density at radius 2 is 1.24 bits per heavy atom. The summed E-state index contributed by atoms with van der Waals surface area (Å²) in [5.41, 5.74) is 1.51. The number of allylic oxidation sites excluding steroid dienone is 4. The fraction of sp³-hybridized carbons (Fsp3) is 0.373. The summed E-state index contributed by atoms with van der Waals surface area (Å²) in [6.07, 6.45) is 5.84. The number of unbranched alkanes of at least 4 members (excludes halogenated alkanes) is 1. The van der Waals surface area contributed by atoms with Crippen molar-refractivity contribution in [3.8, 4) is 11.1 Å². The predicted octanol–water partition coefficient (Wildman–Crippen LogP) is 7.94. The van der Waals surface area contributed by atoms with Crippen LogP contribution in [0.15, 0.2) is 100 Å². The maximum atomic E-state index is 13.4. The highest BCUT2D eigenvalue weighted by molar-refractivity contribution is 7.86. The molecule has 0 amide bonds. The lowest BCUT2D eigenvalue weighted by atomic mass is 9.74. The Labute approximate surface area is 442 Å². The molecule has 76 heavy (non-hydrogen) atoms. The number of Topliss-reactive ketones (excluding diaryl/α,β-unsaturated/α-hetero) is 2. The van der Waals surface area contributed by atoms with Gasteiger partial charge in [-0.05, 0) is 114 Å². The first-order chi connectivity index (χ1) is 35.1. The van der Waals surface area contributed by atoms with Gasteiger partial charge in [0.1, 0.15) is 22.8 Å². The molecule has 0 fully saturated rings. The lowest BCUT2D eigenvalue weighted by Crippen LogP contribution is -2.32. The monoisotopic (exact) mass is 1140 g/mol. The van der Waals surface area contributed by atoms with Gasteiger partial charge in [-0.2, -0.15) is 46.7 Å². The van der Waals surface area contributed by atoms with Crippen LogP contribution < -0.4 is 4.90 Å². The second-order valence-corrected chi connectivity index (χ2v) is 27.3. The second-order valence-electron chi connectivity index (χ2n) is 19.8. The Balaban J connectivity index is 1.37. The number of anilines is 1. The van der Waals surface area contributed by atoms with Gasteiger partial charge in [0.05, 0.1) is 27.6 Å². The standard InChI is InChI=1S/C51H57N3O17S5/c1-6-7-12-43(55)39-28-34(29-40(52-39)44(56)13-9-24-72(57,58)59)33-17-20-36-38(27-33)45(76(69,70)71)31-42-48(36)50(2,3)46(53(42)5)14-8-15-47-51(4,22-10-25-73(60,61)62)49-37-30-35(75(66,67)68)19-16-32(37)18-21-41(49)54(47)23-11-26-74(63,64)65/h8,14-21,27-31H,6-7,9-13,22-26H2,1-5H3,(H4-,57,58,59,60,61,62,63,64,65,66,67,68,69,70,71)/p+1. The quantitative estimate of drug-likeness (QED) is 0.0249. The van der Waals surface area contributed by atoms with Crippen molar-refractivity contribution in [3.05, 3.63) is 113 Å². The number of ketones is 2. The van der Waals surface area contributed by atoms with E-state index in [9.17, 15) is 74.4 Å². The zero-order chi connectivity index (χ0) is 56.1. The Morgan fingerprint density at radius 3 is 1.83 bits per heavy atom. The highest BCUT2D eigenvalue weighted by atomic mass is 32.2. The van der Waals surface area contributed by atoms with Gasteiger partial charge in [-0.1, -0.05) is 51.5 Å². The molecule has 2 aliphatic rings. The van der Waals surface area contributed by atoms with E-state index in [1.165, 1.54) is 42.5 Å². The number of fused-ring (bicyclic) bond motifs is 6. The molecule has 7 rings (SSSR count). The lowest BCUT2D eigenvalue weighted by Gasteiger charge is -2.25. The van der Waals surface area contributed by atoms with Crippen LogP contribution in [0.1, 0.15) is 111 Å². The maximum Gasteiger partial charge on any atom is 0.295 e. The fourth-order valence-electron chi connectivity index (χ4n) is 10.5. The van der Waals surface area contributed by atoms with Gasteiger partial charge >= 0.3 is 0 Å². The molecule has 2 aliphatic heterocycles. The molecule has 0 saturated carbocycles. The average Bonchev–Trinajstić information content (AvgIpc) is 3.68. The van der Waals surface area contributed by atoms with Crippen LogP contribution in [-0.4, -0.2) is 123 Å². The van der Waals surface area contributed by atoms with E-state index in [0.29, 0.717) is 74.0 Å². The van der Waals surface area contributed by atoms with Gasteiger partial charge < -0.3 is 4.90 Å². The van der Waals surface area contributed by atoms with Crippen molar-refractivity contribution in [3.63, 3.8) is 0 Å². The molecule has 408 valence electrons. The van der Waals surface area contributed by atoms with Crippen LogP contribution in [0.4, 0.5) is 11.4 Å². The third kappa shape index (κ3) is 12.5. The number of rotatable bonds is 22. The number of pyridine rings is 1. The van der Waals surface area contributed by atoms with Gasteiger partial charge in [-0.15, -0.1) is 0 Å². The van der Waals surface area contributed by atoms with Crippen molar-refractivity contribution in [1.82, 2.24) is 4.98 Å². The summed E-state index contributed by atoms with van der Waals surface area (Å²) in [6.45, 7) is 7.46. The molecule has 0 radical (unpaired) electrons. The highest BCUT2D eigenvalue weighted by Gasteiger charge is 2.49. The van der Waals surface area contributed by atoms with Crippen LogP contribution in [0.25, 0.3) is 32.7 Å². The average molecular weight is 1150 g/mol. The van der Waals surface area contributed by atoms with Crippen molar-refractivity contribution < 1.29 is 79.0 Å². The summed E-state index contributed by atoms with van der Waals surface area (Å²) in [6, 6.07) is 16.5. The Kier molecular flexibility index (Phi) is 16.3. The molecule has 1 atom stereocenters. The smallest absolute Gasteiger partial charge is 0.295 e. The van der Waals surface area contributed by atoms with Crippen molar-refractivity contribution >= 4 is 101 Å². The SMILES string of the molecule is CCCCC(=O)c1cc(-c2ccc3c4c(cc(S(=O)(=O)O)c3c2)N(C)/C(=C/C=C/C2=[N+](CCCS(=O)(=O)O)c3ccc5ccc(S(=O)(=O)O)cc5c3C2(C)CCCS(=O)(=O)O)C4(C)C)cc(C(=O)CCCS(=O)(=O)O)n1. The van der Waals surface area contributed by atoms with E-state index in [4.69, 9.17) is 0 Å². The molecule has 0 spiro atoms. The lowest BCUT2D eigenvalue weighted by molar-refractivity contribution is -0.437. The summed E-state index contributed by atoms with van der Waals surface area (Å²) < 4.78 is 174. The zero-order valence-corrected chi connectivity index (χ0v) is 46.2. The van der Waals surface area contributed by atoms with Crippen LogP contribution in [-0.2, 0) is 61.4 Å². The van der Waals surface area contributed by atoms with Gasteiger partial charge in [-0.3, -0.25) is 32.4 Å². The minimum Gasteiger partial charge on any atom is -0.347 e. The number of likely N-dealkylation sites (N-methyl/N-ethyl adjacent to an activating group) is 1. The van der Waals surface area contributed by atoms with Gasteiger partial charge in [0.2, 0.25) is 5.69 Å².